The highest BCUT2D eigenvalue weighted by molar-refractivity contribution is 7.47. The van der Waals surface area contributed by atoms with Crippen LogP contribution >= 0.6 is 15.6 Å². The van der Waals surface area contributed by atoms with Crippen molar-refractivity contribution in [3.8, 4) is 0 Å². The number of hydrogen-bond acceptors (Lipinski definition) is 15. The van der Waals surface area contributed by atoms with Gasteiger partial charge in [-0.25, -0.2) is 9.13 Å². The molecule has 0 radical (unpaired) electrons. The van der Waals surface area contributed by atoms with E-state index in [1.807, 2.05) is 0 Å². The van der Waals surface area contributed by atoms with Gasteiger partial charge in [-0.05, 0) is 49.4 Å². The number of ether oxygens (including phenoxy) is 4. The molecule has 19 heteroatoms. The van der Waals surface area contributed by atoms with E-state index in [9.17, 15) is 43.2 Å². The Morgan fingerprint density at radius 2 is 0.516 bits per heavy atom. The Balaban J connectivity index is 5.24. The highest BCUT2D eigenvalue weighted by Gasteiger charge is 2.30. The Kier molecular flexibility index (Phi) is 62.2. The van der Waals surface area contributed by atoms with Gasteiger partial charge in [0.05, 0.1) is 26.4 Å². The van der Waals surface area contributed by atoms with Crippen LogP contribution in [0.15, 0.2) is 0 Å². The van der Waals surface area contributed by atoms with E-state index < -0.39 is 97.5 Å². The van der Waals surface area contributed by atoms with Gasteiger partial charge in [-0.1, -0.05) is 319 Å². The molecule has 93 heavy (non-hydrogen) atoms. The van der Waals surface area contributed by atoms with Crippen molar-refractivity contribution < 1.29 is 80.2 Å². The summed E-state index contributed by atoms with van der Waals surface area (Å²) >= 11 is 0. The highest BCUT2D eigenvalue weighted by Crippen LogP contribution is 2.45. The van der Waals surface area contributed by atoms with Crippen LogP contribution in [0.5, 0.6) is 0 Å². The van der Waals surface area contributed by atoms with E-state index in [4.69, 9.17) is 37.0 Å². The SMILES string of the molecule is CCC(C)CCCCCCCCC(=O)OC[C@H](COP(=O)(O)OC[C@H](O)COP(=O)(O)OC[C@@H](COC(=O)CCCCCCCCCCCCCCCCC(C)C)OC(=O)CCCCCCCCCCCCCCCC(C)C)OC(=O)CCCCCCCCCC(C)C. The standard InChI is InChI=1S/C74H144O17P2/c1-9-67(8)53-45-37-32-33-39-47-55-72(77)85-61-70(91-74(79)57-49-41-31-25-28-36-44-52-66(6)7)63-89-93(82,83)87-59-68(75)58-86-92(80,81)88-62-69(90-73(78)56-48-40-30-24-20-16-12-14-18-22-27-35-43-51-65(4)5)60-84-71(76)54-46-38-29-23-19-15-11-10-13-17-21-26-34-42-50-64(2)3/h64-70,75H,9-63H2,1-8H3,(H,80,81)(H,82,83)/t67?,68-,69-,70-/m1/s1. The second-order valence-electron chi connectivity index (χ2n) is 28.4. The lowest BCUT2D eigenvalue weighted by atomic mass is 10.00. The average Bonchev–Trinajstić information content (AvgIpc) is 1.81. The summed E-state index contributed by atoms with van der Waals surface area (Å²) < 4.78 is 68.4. The van der Waals surface area contributed by atoms with Crippen molar-refractivity contribution in [2.75, 3.05) is 39.6 Å². The van der Waals surface area contributed by atoms with Crippen molar-refractivity contribution in [3.63, 3.8) is 0 Å². The van der Waals surface area contributed by atoms with Gasteiger partial charge in [0.1, 0.15) is 19.3 Å². The number of carbonyl (C=O) groups is 4. The summed E-state index contributed by atoms with van der Waals surface area (Å²) in [6, 6.07) is 0. The molecule has 0 amide bonds. The van der Waals surface area contributed by atoms with Gasteiger partial charge >= 0.3 is 39.5 Å². The largest absolute Gasteiger partial charge is 0.472 e. The summed E-state index contributed by atoms with van der Waals surface area (Å²) in [4.78, 5) is 72.7. The van der Waals surface area contributed by atoms with Crippen LogP contribution in [0.2, 0.25) is 0 Å². The van der Waals surface area contributed by atoms with Crippen LogP contribution in [0.4, 0.5) is 0 Å². The van der Waals surface area contributed by atoms with Gasteiger partial charge in [0.2, 0.25) is 0 Å². The maximum Gasteiger partial charge on any atom is 0.472 e. The van der Waals surface area contributed by atoms with Crippen LogP contribution in [0.1, 0.15) is 370 Å². The van der Waals surface area contributed by atoms with Gasteiger partial charge in [-0.2, -0.15) is 0 Å². The fraction of sp³-hybridized carbons (Fsp3) is 0.946. The van der Waals surface area contributed by atoms with Gasteiger partial charge in [-0.3, -0.25) is 37.3 Å². The number of unbranched alkanes of at least 4 members (excludes halogenated alkanes) is 36. The minimum Gasteiger partial charge on any atom is -0.462 e. The van der Waals surface area contributed by atoms with Crippen molar-refractivity contribution in [2.45, 2.75) is 388 Å². The number of aliphatic hydroxyl groups excluding tert-OH is 1. The number of phosphoric ester groups is 2. The van der Waals surface area contributed by atoms with Gasteiger partial charge < -0.3 is 33.8 Å². The Labute approximate surface area is 568 Å². The van der Waals surface area contributed by atoms with E-state index in [1.165, 1.54) is 167 Å². The maximum atomic E-state index is 13.1. The van der Waals surface area contributed by atoms with Gasteiger partial charge in [0.25, 0.3) is 0 Å². The Bertz CT molecular complexity index is 1840. The molecule has 0 rings (SSSR count). The molecule has 0 aromatic rings. The smallest absolute Gasteiger partial charge is 0.462 e. The predicted octanol–water partition coefficient (Wildman–Crippen LogP) is 21.3. The zero-order valence-electron chi connectivity index (χ0n) is 60.9. The molecule has 6 atom stereocenters. The lowest BCUT2D eigenvalue weighted by molar-refractivity contribution is -0.161. The van der Waals surface area contributed by atoms with E-state index in [-0.39, 0.29) is 25.7 Å². The summed E-state index contributed by atoms with van der Waals surface area (Å²) in [5, 5.41) is 10.6. The van der Waals surface area contributed by atoms with Gasteiger partial charge in [0.15, 0.2) is 12.2 Å². The molecule has 0 aliphatic carbocycles. The number of carbonyl (C=O) groups excluding carboxylic acids is 4. The number of phosphoric acid groups is 2. The molecule has 0 aliphatic heterocycles. The average molecular weight is 1370 g/mol. The molecule has 3 N–H and O–H groups in total. The fourth-order valence-electron chi connectivity index (χ4n) is 11.2. The van der Waals surface area contributed by atoms with E-state index in [1.54, 1.807) is 0 Å². The van der Waals surface area contributed by atoms with Gasteiger partial charge in [-0.15, -0.1) is 0 Å². The van der Waals surface area contributed by atoms with Crippen LogP contribution in [0.25, 0.3) is 0 Å². The van der Waals surface area contributed by atoms with Crippen molar-refractivity contribution in [1.29, 1.82) is 0 Å². The lowest BCUT2D eigenvalue weighted by Gasteiger charge is -2.21. The molecule has 0 saturated carbocycles. The Morgan fingerprint density at radius 1 is 0.301 bits per heavy atom. The zero-order valence-corrected chi connectivity index (χ0v) is 62.7. The van der Waals surface area contributed by atoms with E-state index in [2.05, 4.69) is 55.4 Å². The molecule has 0 fully saturated rings. The third-order valence-corrected chi connectivity index (χ3v) is 19.3. The molecule has 552 valence electrons. The van der Waals surface area contributed by atoms with Crippen LogP contribution < -0.4 is 0 Å². The van der Waals surface area contributed by atoms with E-state index in [0.29, 0.717) is 31.6 Å². The molecule has 17 nitrogen and oxygen atoms in total. The quantitative estimate of drug-likeness (QED) is 0.0222. The highest BCUT2D eigenvalue weighted by atomic mass is 31.2. The minimum absolute atomic E-state index is 0.102. The summed E-state index contributed by atoms with van der Waals surface area (Å²) in [5.41, 5.74) is 0. The topological polar surface area (TPSA) is 237 Å². The number of rotatable bonds is 71. The molecular weight excluding hydrogens is 1220 g/mol. The second kappa shape index (κ2) is 63.5. The molecule has 0 aliphatic rings. The minimum atomic E-state index is -4.96. The van der Waals surface area contributed by atoms with Crippen molar-refractivity contribution >= 4 is 39.5 Å². The van der Waals surface area contributed by atoms with Crippen LogP contribution in [0.3, 0.4) is 0 Å². The summed E-state index contributed by atoms with van der Waals surface area (Å²) in [5.74, 6) is 0.886. The van der Waals surface area contributed by atoms with E-state index >= 15 is 0 Å². The van der Waals surface area contributed by atoms with Crippen LogP contribution in [-0.4, -0.2) is 96.7 Å². The van der Waals surface area contributed by atoms with Crippen molar-refractivity contribution in [1.82, 2.24) is 0 Å². The number of esters is 4. The third-order valence-electron chi connectivity index (χ3n) is 17.4. The molecule has 0 spiro atoms. The lowest BCUT2D eigenvalue weighted by Crippen LogP contribution is -2.30. The molecule has 0 aromatic heterocycles. The molecule has 0 bridgehead atoms. The summed E-state index contributed by atoms with van der Waals surface area (Å²) in [7, 11) is -9.91. The maximum absolute atomic E-state index is 13.1. The first-order chi connectivity index (χ1) is 44.6. The molecule has 0 aromatic carbocycles. The van der Waals surface area contributed by atoms with Crippen LogP contribution in [0, 0.1) is 23.7 Å². The summed E-state index contributed by atoms with van der Waals surface area (Å²) in [6.07, 6.45) is 47.3. The molecule has 3 unspecified atom stereocenters. The Morgan fingerprint density at radius 3 is 0.763 bits per heavy atom. The molecular formula is C74H144O17P2. The summed E-state index contributed by atoms with van der Waals surface area (Å²) in [6.45, 7) is 14.1. The Hall–Kier alpha value is -1.94. The molecule has 0 saturated heterocycles. The zero-order chi connectivity index (χ0) is 68.9. The van der Waals surface area contributed by atoms with Crippen molar-refractivity contribution in [3.05, 3.63) is 0 Å². The monoisotopic (exact) mass is 1370 g/mol. The molecule has 0 heterocycles. The third kappa shape index (κ3) is 67.0. The normalized spacial score (nSPS) is 14.5. The van der Waals surface area contributed by atoms with Gasteiger partial charge in [0, 0.05) is 25.7 Å². The predicted molar refractivity (Wildman–Crippen MR) is 377 cm³/mol. The second-order valence-corrected chi connectivity index (χ2v) is 31.3. The van der Waals surface area contributed by atoms with Crippen LogP contribution in [-0.2, 0) is 65.4 Å². The number of hydrogen-bond donors (Lipinski definition) is 3. The number of aliphatic hydroxyl groups is 1. The first-order valence-corrected chi connectivity index (χ1v) is 41.2. The first kappa shape index (κ1) is 91.1. The van der Waals surface area contributed by atoms with Crippen molar-refractivity contribution in [2.24, 2.45) is 23.7 Å². The van der Waals surface area contributed by atoms with E-state index in [0.717, 1.165) is 114 Å². The fourth-order valence-corrected chi connectivity index (χ4v) is 12.7. The first-order valence-electron chi connectivity index (χ1n) is 38.2.